The lowest BCUT2D eigenvalue weighted by Crippen LogP contribution is -1.85. The highest BCUT2D eigenvalue weighted by molar-refractivity contribution is 6.32. The maximum atomic E-state index is 5.73. The normalized spacial score (nSPS) is 17.8. The van der Waals surface area contributed by atoms with E-state index in [0.29, 0.717) is 0 Å². The first kappa shape index (κ1) is 6.45. The van der Waals surface area contributed by atoms with Gasteiger partial charge in [0.2, 0.25) is 0 Å². The summed E-state index contributed by atoms with van der Waals surface area (Å²) in [6.45, 7) is 0. The molecule has 0 aromatic rings. The molecule has 0 saturated carbocycles. The molecule has 0 aromatic carbocycles. The zero-order chi connectivity index (χ0) is 6.69. The van der Waals surface area contributed by atoms with Crippen LogP contribution in [-0.4, -0.2) is 0 Å². The largest absolute Gasteiger partial charge is 0.115 e. The predicted molar refractivity (Wildman–Crippen MR) is 40.1 cm³/mol. The summed E-state index contributed by atoms with van der Waals surface area (Å²) in [5.41, 5.74) is 0.836. The number of rotatable bonds is 0. The van der Waals surface area contributed by atoms with Crippen LogP contribution in [0.1, 0.15) is 12.8 Å². The Morgan fingerprint density at radius 3 is 2.56 bits per heavy atom. The molecule has 0 nitrogen and oxygen atoms in total. The van der Waals surface area contributed by atoms with Crippen molar-refractivity contribution in [3.8, 4) is 12.3 Å². The van der Waals surface area contributed by atoms with E-state index in [0.717, 1.165) is 23.4 Å². The summed E-state index contributed by atoms with van der Waals surface area (Å²) in [5.74, 6) is 2.51. The molecule has 1 heteroatoms. The van der Waals surface area contributed by atoms with E-state index in [-0.39, 0.29) is 0 Å². The first-order chi connectivity index (χ1) is 4.34. The minimum Gasteiger partial charge on any atom is -0.115 e. The van der Waals surface area contributed by atoms with Gasteiger partial charge in [-0.1, -0.05) is 29.7 Å². The third-order valence-electron chi connectivity index (χ3n) is 1.25. The van der Waals surface area contributed by atoms with E-state index in [9.17, 15) is 0 Å². The number of allylic oxidation sites excluding steroid dienone is 4. The van der Waals surface area contributed by atoms with Gasteiger partial charge in [-0.05, 0) is 12.8 Å². The van der Waals surface area contributed by atoms with Gasteiger partial charge in [0.25, 0.3) is 0 Å². The second-order valence-corrected chi connectivity index (χ2v) is 2.30. The standard InChI is InChI=1S/C8H7Cl/c1-2-7-5-3-4-6-8(7)9/h1,5-6H,3-4H2. The first-order valence-electron chi connectivity index (χ1n) is 2.87. The molecule has 0 aliphatic heterocycles. The van der Waals surface area contributed by atoms with Crippen molar-refractivity contribution < 1.29 is 0 Å². The van der Waals surface area contributed by atoms with Gasteiger partial charge in [0.05, 0.1) is 5.03 Å². The Bertz CT molecular complexity index is 203. The van der Waals surface area contributed by atoms with Crippen molar-refractivity contribution in [1.29, 1.82) is 0 Å². The van der Waals surface area contributed by atoms with E-state index < -0.39 is 0 Å². The monoisotopic (exact) mass is 138 g/mol. The Morgan fingerprint density at radius 2 is 2.11 bits per heavy atom. The fourth-order valence-corrected chi connectivity index (χ4v) is 1.01. The van der Waals surface area contributed by atoms with Crippen molar-refractivity contribution in [2.24, 2.45) is 0 Å². The van der Waals surface area contributed by atoms with Crippen molar-refractivity contribution in [3.05, 3.63) is 22.8 Å². The summed E-state index contributed by atoms with van der Waals surface area (Å²) in [4.78, 5) is 0. The van der Waals surface area contributed by atoms with Crippen molar-refractivity contribution >= 4 is 11.6 Å². The quantitative estimate of drug-likeness (QED) is 0.451. The van der Waals surface area contributed by atoms with Crippen LogP contribution < -0.4 is 0 Å². The van der Waals surface area contributed by atoms with E-state index in [1.807, 2.05) is 12.2 Å². The molecule has 0 aromatic heterocycles. The Labute approximate surface area is 60.2 Å². The molecule has 46 valence electrons. The van der Waals surface area contributed by atoms with Gasteiger partial charge in [-0.25, -0.2) is 0 Å². The van der Waals surface area contributed by atoms with Gasteiger partial charge in [0, 0.05) is 5.57 Å². The molecule has 0 atom stereocenters. The highest BCUT2D eigenvalue weighted by atomic mass is 35.5. The summed E-state index contributed by atoms with van der Waals surface area (Å²) >= 11 is 5.73. The molecule has 1 rings (SSSR count). The van der Waals surface area contributed by atoms with Gasteiger partial charge in [0.1, 0.15) is 0 Å². The topological polar surface area (TPSA) is 0 Å². The molecule has 1 aliphatic rings. The highest BCUT2D eigenvalue weighted by Gasteiger charge is 2.01. The molecule has 0 bridgehead atoms. The first-order valence-corrected chi connectivity index (χ1v) is 3.25. The van der Waals surface area contributed by atoms with E-state index >= 15 is 0 Å². The molecule has 0 N–H and O–H groups in total. The Kier molecular flexibility index (Phi) is 1.97. The van der Waals surface area contributed by atoms with E-state index in [1.165, 1.54) is 0 Å². The Hall–Kier alpha value is -0.670. The summed E-state index contributed by atoms with van der Waals surface area (Å²) in [6, 6.07) is 0. The fraction of sp³-hybridized carbons (Fsp3) is 0.250. The van der Waals surface area contributed by atoms with Crippen LogP contribution in [0.2, 0.25) is 0 Å². The maximum absolute atomic E-state index is 5.73. The van der Waals surface area contributed by atoms with Gasteiger partial charge >= 0.3 is 0 Å². The fourth-order valence-electron chi connectivity index (χ4n) is 0.773. The van der Waals surface area contributed by atoms with Gasteiger partial charge in [0.15, 0.2) is 0 Å². The maximum Gasteiger partial charge on any atom is 0.0519 e. The number of halogens is 1. The molecule has 1 aliphatic carbocycles. The Morgan fingerprint density at radius 1 is 1.44 bits per heavy atom. The zero-order valence-electron chi connectivity index (χ0n) is 5.02. The second kappa shape index (κ2) is 2.75. The molecule has 0 unspecified atom stereocenters. The molecule has 9 heavy (non-hydrogen) atoms. The van der Waals surface area contributed by atoms with Crippen molar-refractivity contribution in [1.82, 2.24) is 0 Å². The second-order valence-electron chi connectivity index (χ2n) is 1.89. The van der Waals surface area contributed by atoms with Gasteiger partial charge in [-0.2, -0.15) is 0 Å². The highest BCUT2D eigenvalue weighted by Crippen LogP contribution is 2.20. The smallest absolute Gasteiger partial charge is 0.0519 e. The number of hydrogen-bond acceptors (Lipinski definition) is 0. The summed E-state index contributed by atoms with van der Waals surface area (Å²) < 4.78 is 0. The summed E-state index contributed by atoms with van der Waals surface area (Å²) in [6.07, 6.45) is 11.1. The van der Waals surface area contributed by atoms with Gasteiger partial charge < -0.3 is 0 Å². The number of terminal acetylenes is 1. The molecule has 0 fully saturated rings. The van der Waals surface area contributed by atoms with Gasteiger partial charge in [-0.15, -0.1) is 6.42 Å². The van der Waals surface area contributed by atoms with Crippen LogP contribution in [0.15, 0.2) is 22.8 Å². The van der Waals surface area contributed by atoms with Crippen LogP contribution in [0.5, 0.6) is 0 Å². The van der Waals surface area contributed by atoms with Crippen LogP contribution in [-0.2, 0) is 0 Å². The lowest BCUT2D eigenvalue weighted by Gasteiger charge is -2.02. The summed E-state index contributed by atoms with van der Waals surface area (Å²) in [7, 11) is 0. The molecular weight excluding hydrogens is 132 g/mol. The molecule has 0 amide bonds. The van der Waals surface area contributed by atoms with Crippen molar-refractivity contribution in [2.45, 2.75) is 12.8 Å². The van der Waals surface area contributed by atoms with Crippen LogP contribution in [0.4, 0.5) is 0 Å². The molecule has 0 heterocycles. The van der Waals surface area contributed by atoms with Crippen LogP contribution in [0.3, 0.4) is 0 Å². The lowest BCUT2D eigenvalue weighted by atomic mass is 10.1. The van der Waals surface area contributed by atoms with E-state index in [1.54, 1.807) is 0 Å². The molecule has 0 spiro atoms. The molecule has 0 radical (unpaired) electrons. The molecular formula is C8H7Cl. The zero-order valence-corrected chi connectivity index (χ0v) is 5.78. The Balaban J connectivity index is 2.83. The third-order valence-corrected chi connectivity index (χ3v) is 1.61. The van der Waals surface area contributed by atoms with E-state index in [4.69, 9.17) is 18.0 Å². The van der Waals surface area contributed by atoms with Crippen molar-refractivity contribution in [3.63, 3.8) is 0 Å². The average molecular weight is 139 g/mol. The minimum atomic E-state index is 0.726. The van der Waals surface area contributed by atoms with Gasteiger partial charge in [-0.3, -0.25) is 0 Å². The van der Waals surface area contributed by atoms with Crippen LogP contribution >= 0.6 is 11.6 Å². The third kappa shape index (κ3) is 1.37. The minimum absolute atomic E-state index is 0.726. The number of hydrogen-bond donors (Lipinski definition) is 0. The summed E-state index contributed by atoms with van der Waals surface area (Å²) in [5, 5.41) is 0.726. The van der Waals surface area contributed by atoms with Crippen LogP contribution in [0, 0.1) is 12.3 Å². The van der Waals surface area contributed by atoms with Crippen LogP contribution in [0.25, 0.3) is 0 Å². The van der Waals surface area contributed by atoms with E-state index in [2.05, 4.69) is 5.92 Å². The lowest BCUT2D eigenvalue weighted by molar-refractivity contribution is 1.02. The predicted octanol–water partition coefficient (Wildman–Crippen LogP) is 2.46. The molecule has 0 saturated heterocycles. The SMILES string of the molecule is C#CC1=CCCC=C1Cl. The average Bonchev–Trinajstić information content (AvgIpc) is 1.89. The van der Waals surface area contributed by atoms with Crippen molar-refractivity contribution in [2.75, 3.05) is 0 Å².